The number of aliphatic hydroxyl groups excluding tert-OH is 1. The molecule has 16 heavy (non-hydrogen) atoms. The SMILES string of the molecule is CCC(C(N)=S)S(=O)(=O)N(C)CCC(C)O. The van der Waals surface area contributed by atoms with Crippen molar-refractivity contribution in [3.05, 3.63) is 0 Å². The van der Waals surface area contributed by atoms with Crippen LogP contribution in [0.2, 0.25) is 0 Å². The van der Waals surface area contributed by atoms with Crippen molar-refractivity contribution < 1.29 is 13.5 Å². The fourth-order valence-electron chi connectivity index (χ4n) is 1.27. The Hall–Kier alpha value is -0.240. The van der Waals surface area contributed by atoms with Gasteiger partial charge >= 0.3 is 0 Å². The molecular formula is C9H20N2O3S2. The van der Waals surface area contributed by atoms with Crippen LogP contribution >= 0.6 is 12.2 Å². The van der Waals surface area contributed by atoms with E-state index >= 15 is 0 Å². The van der Waals surface area contributed by atoms with Crippen LogP contribution in [-0.2, 0) is 10.0 Å². The fraction of sp³-hybridized carbons (Fsp3) is 0.889. The van der Waals surface area contributed by atoms with Crippen molar-refractivity contribution in [1.29, 1.82) is 0 Å². The van der Waals surface area contributed by atoms with E-state index in [4.69, 9.17) is 23.1 Å². The van der Waals surface area contributed by atoms with Crippen molar-refractivity contribution in [3.8, 4) is 0 Å². The smallest absolute Gasteiger partial charge is 0.223 e. The maximum atomic E-state index is 12.0. The molecule has 5 nitrogen and oxygen atoms in total. The average molecular weight is 268 g/mol. The Balaban J connectivity index is 4.70. The highest BCUT2D eigenvalue weighted by atomic mass is 32.2. The molecule has 0 bridgehead atoms. The second kappa shape index (κ2) is 6.48. The Labute approximate surface area is 103 Å². The summed E-state index contributed by atoms with van der Waals surface area (Å²) in [6.45, 7) is 3.61. The maximum Gasteiger partial charge on any atom is 0.223 e. The van der Waals surface area contributed by atoms with Gasteiger partial charge in [0.15, 0.2) is 0 Å². The van der Waals surface area contributed by atoms with E-state index in [1.54, 1.807) is 13.8 Å². The third-order valence-corrected chi connectivity index (χ3v) is 5.14. The highest BCUT2D eigenvalue weighted by Crippen LogP contribution is 2.12. The minimum atomic E-state index is -3.49. The number of hydrogen-bond acceptors (Lipinski definition) is 4. The molecule has 0 saturated carbocycles. The first-order valence-electron chi connectivity index (χ1n) is 5.16. The highest BCUT2D eigenvalue weighted by molar-refractivity contribution is 7.92. The van der Waals surface area contributed by atoms with Gasteiger partial charge in [-0.1, -0.05) is 19.1 Å². The largest absolute Gasteiger partial charge is 0.393 e. The zero-order chi connectivity index (χ0) is 12.9. The van der Waals surface area contributed by atoms with Crippen LogP contribution in [0, 0.1) is 0 Å². The maximum absolute atomic E-state index is 12.0. The molecule has 0 rings (SSSR count). The highest BCUT2D eigenvalue weighted by Gasteiger charge is 2.30. The van der Waals surface area contributed by atoms with E-state index in [0.717, 1.165) is 0 Å². The monoisotopic (exact) mass is 268 g/mol. The van der Waals surface area contributed by atoms with Crippen molar-refractivity contribution >= 4 is 27.2 Å². The predicted molar refractivity (Wildman–Crippen MR) is 68.7 cm³/mol. The zero-order valence-corrected chi connectivity index (χ0v) is 11.5. The van der Waals surface area contributed by atoms with E-state index in [1.807, 2.05) is 0 Å². The molecule has 7 heteroatoms. The van der Waals surface area contributed by atoms with E-state index in [-0.39, 0.29) is 11.5 Å². The van der Waals surface area contributed by atoms with Gasteiger partial charge in [-0.15, -0.1) is 0 Å². The molecule has 0 heterocycles. The van der Waals surface area contributed by atoms with Gasteiger partial charge < -0.3 is 10.8 Å². The summed E-state index contributed by atoms with van der Waals surface area (Å²) in [5.41, 5.74) is 5.40. The second-order valence-corrected chi connectivity index (χ2v) is 6.50. The molecule has 0 saturated heterocycles. The van der Waals surface area contributed by atoms with Gasteiger partial charge in [0.2, 0.25) is 10.0 Å². The molecule has 0 aromatic heterocycles. The Kier molecular flexibility index (Phi) is 6.39. The lowest BCUT2D eigenvalue weighted by atomic mass is 10.3. The van der Waals surface area contributed by atoms with E-state index in [0.29, 0.717) is 12.8 Å². The van der Waals surface area contributed by atoms with Gasteiger partial charge in [0.1, 0.15) is 5.25 Å². The number of sulfonamides is 1. The van der Waals surface area contributed by atoms with Crippen molar-refractivity contribution in [2.75, 3.05) is 13.6 Å². The van der Waals surface area contributed by atoms with Crippen LogP contribution in [0.3, 0.4) is 0 Å². The Morgan fingerprint density at radius 2 is 2.06 bits per heavy atom. The fourth-order valence-corrected chi connectivity index (χ4v) is 3.31. The standard InChI is InChI=1S/C9H20N2O3S2/c1-4-8(9(10)15)16(13,14)11(3)6-5-7(2)12/h7-8,12H,4-6H2,1-3H3,(H2,10,15). The summed E-state index contributed by atoms with van der Waals surface area (Å²) in [6, 6.07) is 0. The van der Waals surface area contributed by atoms with Gasteiger partial charge in [-0.3, -0.25) is 0 Å². The minimum Gasteiger partial charge on any atom is -0.393 e. The van der Waals surface area contributed by atoms with E-state index in [9.17, 15) is 8.42 Å². The van der Waals surface area contributed by atoms with E-state index in [1.165, 1.54) is 11.4 Å². The first-order valence-corrected chi connectivity index (χ1v) is 7.07. The molecule has 0 spiro atoms. The third kappa shape index (κ3) is 4.32. The topological polar surface area (TPSA) is 83.6 Å². The van der Waals surface area contributed by atoms with Crippen LogP contribution < -0.4 is 5.73 Å². The lowest BCUT2D eigenvalue weighted by molar-refractivity contribution is 0.177. The van der Waals surface area contributed by atoms with Crippen molar-refractivity contribution in [2.45, 2.75) is 38.0 Å². The van der Waals surface area contributed by atoms with Crippen LogP contribution in [0.5, 0.6) is 0 Å². The molecule has 3 N–H and O–H groups in total. The van der Waals surface area contributed by atoms with Crippen molar-refractivity contribution in [3.63, 3.8) is 0 Å². The number of thiocarbonyl (C=S) groups is 1. The number of rotatable bonds is 7. The Bertz CT molecular complexity index is 328. The summed E-state index contributed by atoms with van der Waals surface area (Å²) < 4.78 is 25.2. The van der Waals surface area contributed by atoms with Crippen LogP contribution in [0.4, 0.5) is 0 Å². The van der Waals surface area contributed by atoms with Crippen molar-refractivity contribution in [2.24, 2.45) is 5.73 Å². The summed E-state index contributed by atoms with van der Waals surface area (Å²) in [7, 11) is -2.02. The van der Waals surface area contributed by atoms with Gasteiger partial charge in [0.05, 0.1) is 11.1 Å². The normalized spacial score (nSPS) is 16.1. The summed E-state index contributed by atoms with van der Waals surface area (Å²) in [5, 5.41) is 8.28. The molecule has 2 atom stereocenters. The molecule has 0 radical (unpaired) electrons. The van der Waals surface area contributed by atoms with E-state index in [2.05, 4.69) is 0 Å². The molecule has 96 valence electrons. The summed E-state index contributed by atoms with van der Waals surface area (Å²) >= 11 is 4.74. The molecule has 0 fully saturated rings. The van der Waals surface area contributed by atoms with Crippen LogP contribution in [0.1, 0.15) is 26.7 Å². The summed E-state index contributed by atoms with van der Waals surface area (Å²) in [4.78, 5) is -0.00797. The van der Waals surface area contributed by atoms with Crippen LogP contribution in [-0.4, -0.2) is 47.8 Å². The van der Waals surface area contributed by atoms with Gasteiger partial charge in [0, 0.05) is 13.6 Å². The molecular weight excluding hydrogens is 248 g/mol. The quantitative estimate of drug-likeness (QED) is 0.639. The van der Waals surface area contributed by atoms with Gasteiger partial charge in [0.25, 0.3) is 0 Å². The zero-order valence-electron chi connectivity index (χ0n) is 9.88. The molecule has 0 aromatic rings. The van der Waals surface area contributed by atoms with E-state index < -0.39 is 21.4 Å². The number of aliphatic hydroxyl groups is 1. The van der Waals surface area contributed by atoms with Gasteiger partial charge in [-0.25, -0.2) is 12.7 Å². The van der Waals surface area contributed by atoms with Gasteiger partial charge in [-0.2, -0.15) is 0 Å². The number of hydrogen-bond donors (Lipinski definition) is 2. The summed E-state index contributed by atoms with van der Waals surface area (Å²) in [5.74, 6) is 0. The minimum absolute atomic E-state index is 0.00797. The summed E-state index contributed by atoms with van der Waals surface area (Å²) in [6.07, 6.45) is 0.225. The molecule has 0 aliphatic heterocycles. The lowest BCUT2D eigenvalue weighted by Crippen LogP contribution is -2.43. The number of nitrogens with zero attached hydrogens (tertiary/aromatic N) is 1. The first kappa shape index (κ1) is 15.8. The third-order valence-electron chi connectivity index (χ3n) is 2.34. The van der Waals surface area contributed by atoms with Crippen LogP contribution in [0.25, 0.3) is 0 Å². The lowest BCUT2D eigenvalue weighted by Gasteiger charge is -2.23. The number of nitrogens with two attached hydrogens (primary N) is 1. The molecule has 0 amide bonds. The first-order chi connectivity index (χ1) is 7.23. The van der Waals surface area contributed by atoms with Crippen LogP contribution in [0.15, 0.2) is 0 Å². The molecule has 0 aromatic carbocycles. The average Bonchev–Trinajstić information content (AvgIpc) is 2.13. The second-order valence-electron chi connectivity index (χ2n) is 3.80. The van der Waals surface area contributed by atoms with Gasteiger partial charge in [-0.05, 0) is 19.8 Å². The molecule has 0 aliphatic rings. The van der Waals surface area contributed by atoms with Crippen molar-refractivity contribution in [1.82, 2.24) is 4.31 Å². The molecule has 0 aliphatic carbocycles. The Morgan fingerprint density at radius 3 is 2.38 bits per heavy atom. The predicted octanol–water partition coefficient (Wildman–Crippen LogP) is 0.0836. The Morgan fingerprint density at radius 1 is 1.56 bits per heavy atom. The molecule has 2 unspecified atom stereocenters.